The number of hydrogen-bond acceptors (Lipinski definition) is 1. The Kier molecular flexibility index (Phi) is 8.91. The maximum absolute atomic E-state index is 3.37. The van der Waals surface area contributed by atoms with Crippen LogP contribution in [0.25, 0.3) is 0 Å². The smallest absolute Gasteiger partial charge is 0.0146 e. The Morgan fingerprint density at radius 1 is 1.21 bits per heavy atom. The summed E-state index contributed by atoms with van der Waals surface area (Å²) in [6, 6.07) is 0. The van der Waals surface area contributed by atoms with Crippen LogP contribution in [0.4, 0.5) is 0 Å². The predicted molar refractivity (Wildman–Crippen MR) is 57.3 cm³/mol. The van der Waals surface area contributed by atoms with E-state index in [0.717, 1.165) is 12.8 Å². The van der Waals surface area contributed by atoms with Gasteiger partial charge in [-0.15, -0.1) is 12.1 Å². The summed E-state index contributed by atoms with van der Waals surface area (Å²) in [4.78, 5) is 2.44. The van der Waals surface area contributed by atoms with Gasteiger partial charge in [0, 0.05) is 45.8 Å². The van der Waals surface area contributed by atoms with Gasteiger partial charge in [0.25, 0.3) is 0 Å². The molecule has 0 aromatic carbocycles. The van der Waals surface area contributed by atoms with Gasteiger partial charge in [0.05, 0.1) is 0 Å². The molecular weight excluding hydrogens is 247 g/mol. The summed E-state index contributed by atoms with van der Waals surface area (Å²) in [6.07, 6.45) is 12.6. The molecule has 1 aliphatic heterocycles. The van der Waals surface area contributed by atoms with Gasteiger partial charge in [0.15, 0.2) is 0 Å². The SMILES string of the molecule is CCC=[C-]/C(=C\CC)N1CCCC1.[Y]. The van der Waals surface area contributed by atoms with Crippen molar-refractivity contribution in [3.63, 3.8) is 0 Å². The number of nitrogens with zero attached hydrogens (tertiary/aromatic N) is 1. The molecule has 0 atom stereocenters. The van der Waals surface area contributed by atoms with E-state index in [-0.39, 0.29) is 32.7 Å². The van der Waals surface area contributed by atoms with Crippen LogP contribution in [0.1, 0.15) is 39.5 Å². The minimum absolute atomic E-state index is 0. The third-order valence-electron chi connectivity index (χ3n) is 2.30. The Morgan fingerprint density at radius 2 is 1.86 bits per heavy atom. The fraction of sp³-hybridized carbons (Fsp3) is 0.667. The van der Waals surface area contributed by atoms with Gasteiger partial charge in [-0.2, -0.15) is 6.08 Å². The minimum Gasteiger partial charge on any atom is -0.405 e. The Hall–Kier alpha value is 0.384. The molecule has 0 unspecified atom stereocenters. The summed E-state index contributed by atoms with van der Waals surface area (Å²) in [5.41, 5.74) is 1.31. The van der Waals surface area contributed by atoms with Crippen molar-refractivity contribution < 1.29 is 32.7 Å². The first-order chi connectivity index (χ1) is 6.38. The standard InChI is InChI=1S/C12H20N.Y/c1-3-5-9-12(8-4-2)13-10-6-7-11-13;/h5,8H,3-4,6-7,10-11H2,1-2H3;/q-1;/b12-8+;. The molecule has 1 heterocycles. The Balaban J connectivity index is 0.00000169. The molecule has 0 spiro atoms. The third-order valence-corrected chi connectivity index (χ3v) is 2.30. The van der Waals surface area contributed by atoms with E-state index in [9.17, 15) is 0 Å². The molecule has 1 aliphatic rings. The molecule has 14 heavy (non-hydrogen) atoms. The van der Waals surface area contributed by atoms with Crippen molar-refractivity contribution in [3.05, 3.63) is 23.9 Å². The maximum Gasteiger partial charge on any atom is 0.0146 e. The third kappa shape index (κ3) is 4.75. The molecule has 0 N–H and O–H groups in total. The summed E-state index contributed by atoms with van der Waals surface area (Å²) >= 11 is 0. The number of rotatable bonds is 4. The van der Waals surface area contributed by atoms with E-state index in [1.54, 1.807) is 0 Å². The summed E-state index contributed by atoms with van der Waals surface area (Å²) in [6.45, 7) is 6.77. The van der Waals surface area contributed by atoms with Crippen LogP contribution in [0.3, 0.4) is 0 Å². The number of likely N-dealkylation sites (tertiary alicyclic amines) is 1. The van der Waals surface area contributed by atoms with E-state index in [0.29, 0.717) is 0 Å². The van der Waals surface area contributed by atoms with Crippen molar-refractivity contribution in [3.8, 4) is 0 Å². The van der Waals surface area contributed by atoms with Gasteiger partial charge < -0.3 is 4.90 Å². The van der Waals surface area contributed by atoms with E-state index in [1.165, 1.54) is 31.6 Å². The van der Waals surface area contributed by atoms with Crippen LogP contribution in [-0.4, -0.2) is 18.0 Å². The number of hydrogen-bond donors (Lipinski definition) is 0. The van der Waals surface area contributed by atoms with Crippen molar-refractivity contribution in [2.45, 2.75) is 39.5 Å². The largest absolute Gasteiger partial charge is 0.405 e. The fourth-order valence-corrected chi connectivity index (χ4v) is 1.64. The van der Waals surface area contributed by atoms with Crippen LogP contribution < -0.4 is 0 Å². The van der Waals surface area contributed by atoms with Gasteiger partial charge >= 0.3 is 0 Å². The fourth-order valence-electron chi connectivity index (χ4n) is 1.64. The maximum atomic E-state index is 3.37. The van der Waals surface area contributed by atoms with Gasteiger partial charge in [-0.3, -0.25) is 0 Å². The molecule has 1 radical (unpaired) electrons. The van der Waals surface area contributed by atoms with Crippen LogP contribution in [0, 0.1) is 6.08 Å². The van der Waals surface area contributed by atoms with Gasteiger partial charge in [0.1, 0.15) is 0 Å². The number of allylic oxidation sites excluding steroid dienone is 3. The molecule has 77 valence electrons. The Labute approximate surface area is 114 Å². The second-order valence-corrected chi connectivity index (χ2v) is 3.45. The Bertz CT molecular complexity index is 190. The molecule has 0 amide bonds. The van der Waals surface area contributed by atoms with E-state index < -0.39 is 0 Å². The summed E-state index contributed by atoms with van der Waals surface area (Å²) in [5, 5.41) is 0. The van der Waals surface area contributed by atoms with E-state index >= 15 is 0 Å². The van der Waals surface area contributed by atoms with E-state index in [4.69, 9.17) is 0 Å². The van der Waals surface area contributed by atoms with Crippen molar-refractivity contribution >= 4 is 0 Å². The van der Waals surface area contributed by atoms with Crippen molar-refractivity contribution in [2.75, 3.05) is 13.1 Å². The quantitative estimate of drug-likeness (QED) is 0.558. The monoisotopic (exact) mass is 267 g/mol. The van der Waals surface area contributed by atoms with Crippen LogP contribution in [0.15, 0.2) is 17.8 Å². The van der Waals surface area contributed by atoms with Crippen LogP contribution >= 0.6 is 0 Å². The zero-order valence-electron chi connectivity index (χ0n) is 9.42. The van der Waals surface area contributed by atoms with Gasteiger partial charge in [-0.05, 0) is 12.8 Å². The summed E-state index contributed by atoms with van der Waals surface area (Å²) in [5.74, 6) is 0. The average molecular weight is 267 g/mol. The molecule has 1 nitrogen and oxygen atoms in total. The molecular formula is C12H20NY-. The molecule has 0 aromatic rings. The zero-order chi connectivity index (χ0) is 9.52. The minimum atomic E-state index is 0. The molecule has 1 saturated heterocycles. The molecule has 2 heteroatoms. The normalized spacial score (nSPS) is 17.6. The van der Waals surface area contributed by atoms with Crippen molar-refractivity contribution in [2.24, 2.45) is 0 Å². The first kappa shape index (κ1) is 14.4. The summed E-state index contributed by atoms with van der Waals surface area (Å²) < 4.78 is 0. The molecule has 1 fully saturated rings. The molecule has 1 rings (SSSR count). The first-order valence-corrected chi connectivity index (χ1v) is 5.41. The molecule has 0 aliphatic carbocycles. The second-order valence-electron chi connectivity index (χ2n) is 3.45. The average Bonchev–Trinajstić information content (AvgIpc) is 2.65. The van der Waals surface area contributed by atoms with E-state index in [1.807, 2.05) is 0 Å². The van der Waals surface area contributed by atoms with Crippen LogP contribution in [-0.2, 0) is 32.7 Å². The van der Waals surface area contributed by atoms with Crippen LogP contribution in [0.5, 0.6) is 0 Å². The van der Waals surface area contributed by atoms with Gasteiger partial charge in [-0.1, -0.05) is 20.3 Å². The Morgan fingerprint density at radius 3 is 2.36 bits per heavy atom. The summed E-state index contributed by atoms with van der Waals surface area (Å²) in [7, 11) is 0. The van der Waals surface area contributed by atoms with Gasteiger partial charge in [0.2, 0.25) is 0 Å². The van der Waals surface area contributed by atoms with Gasteiger partial charge in [-0.25, -0.2) is 12.2 Å². The first-order valence-electron chi connectivity index (χ1n) is 5.41. The topological polar surface area (TPSA) is 3.24 Å². The van der Waals surface area contributed by atoms with E-state index in [2.05, 4.69) is 37.0 Å². The van der Waals surface area contributed by atoms with Crippen LogP contribution in [0.2, 0.25) is 0 Å². The predicted octanol–water partition coefficient (Wildman–Crippen LogP) is 3.14. The molecule has 0 saturated carbocycles. The molecule has 0 aromatic heterocycles. The second kappa shape index (κ2) is 8.67. The van der Waals surface area contributed by atoms with Crippen molar-refractivity contribution in [1.82, 2.24) is 4.90 Å². The zero-order valence-corrected chi connectivity index (χ0v) is 12.3. The molecule has 0 bridgehead atoms. The van der Waals surface area contributed by atoms with Crippen molar-refractivity contribution in [1.29, 1.82) is 0 Å².